The predicted octanol–water partition coefficient (Wildman–Crippen LogP) is 4.48. The highest BCUT2D eigenvalue weighted by atomic mass is 35.5. The zero-order chi connectivity index (χ0) is 15.5. The van der Waals surface area contributed by atoms with Gasteiger partial charge in [0.2, 0.25) is 0 Å². The number of nitrogens with zero attached hydrogens (tertiary/aromatic N) is 2. The highest BCUT2D eigenvalue weighted by Gasteiger charge is 2.32. The first-order valence-corrected chi connectivity index (χ1v) is 8.34. The fourth-order valence-electron chi connectivity index (χ4n) is 2.72. The van der Waals surface area contributed by atoms with Gasteiger partial charge in [-0.15, -0.1) is 23.2 Å². The molecule has 0 fully saturated rings. The van der Waals surface area contributed by atoms with Crippen molar-refractivity contribution >= 4 is 23.2 Å². The standard InChI is InChI=1S/C17H22Cl2N2/c1-4-21-16(9-14(3)20-21)10-17(11-18,12-19)15-7-5-6-13(2)8-15/h5-9H,4,10-12H2,1-3H3. The minimum absolute atomic E-state index is 0.255. The Bertz CT molecular complexity index is 601. The predicted molar refractivity (Wildman–Crippen MR) is 90.6 cm³/mol. The van der Waals surface area contributed by atoms with E-state index in [9.17, 15) is 0 Å². The summed E-state index contributed by atoms with van der Waals surface area (Å²) in [6.45, 7) is 7.08. The highest BCUT2D eigenvalue weighted by molar-refractivity contribution is 6.22. The summed E-state index contributed by atoms with van der Waals surface area (Å²) in [4.78, 5) is 0. The molecule has 0 saturated carbocycles. The number of alkyl halides is 2. The van der Waals surface area contributed by atoms with Crippen LogP contribution in [-0.4, -0.2) is 21.5 Å². The lowest BCUT2D eigenvalue weighted by atomic mass is 9.79. The van der Waals surface area contributed by atoms with Crippen molar-refractivity contribution in [2.24, 2.45) is 0 Å². The Kier molecular flexibility index (Phi) is 5.34. The molecule has 0 saturated heterocycles. The fourth-order valence-corrected chi connectivity index (χ4v) is 3.51. The second-order valence-corrected chi connectivity index (χ2v) is 6.22. The van der Waals surface area contributed by atoms with Crippen molar-refractivity contribution in [1.82, 2.24) is 9.78 Å². The molecule has 2 aromatic rings. The lowest BCUT2D eigenvalue weighted by molar-refractivity contribution is 0.498. The van der Waals surface area contributed by atoms with Gasteiger partial charge in [-0.1, -0.05) is 29.8 Å². The second-order valence-electron chi connectivity index (χ2n) is 5.69. The molecular weight excluding hydrogens is 303 g/mol. The highest BCUT2D eigenvalue weighted by Crippen LogP contribution is 2.32. The van der Waals surface area contributed by atoms with Crippen LogP contribution in [0.1, 0.15) is 29.4 Å². The topological polar surface area (TPSA) is 17.8 Å². The van der Waals surface area contributed by atoms with Gasteiger partial charge in [0.15, 0.2) is 0 Å². The smallest absolute Gasteiger partial charge is 0.0596 e. The maximum atomic E-state index is 6.35. The van der Waals surface area contributed by atoms with Crippen molar-refractivity contribution in [2.75, 3.05) is 11.8 Å². The molecule has 1 aromatic heterocycles. The Labute approximate surface area is 137 Å². The molecule has 0 aliphatic heterocycles. The molecule has 114 valence electrons. The summed E-state index contributed by atoms with van der Waals surface area (Å²) in [5.74, 6) is 0.988. The third-order valence-corrected chi connectivity index (χ3v) is 4.97. The van der Waals surface area contributed by atoms with Gasteiger partial charge in [0.05, 0.1) is 5.69 Å². The van der Waals surface area contributed by atoms with E-state index in [-0.39, 0.29) is 5.41 Å². The van der Waals surface area contributed by atoms with Crippen molar-refractivity contribution < 1.29 is 0 Å². The molecule has 0 amide bonds. The van der Waals surface area contributed by atoms with Crippen LogP contribution >= 0.6 is 23.2 Å². The van der Waals surface area contributed by atoms with Crippen LogP contribution in [0.5, 0.6) is 0 Å². The average molecular weight is 325 g/mol. The van der Waals surface area contributed by atoms with Gasteiger partial charge in [-0.3, -0.25) is 4.68 Å². The number of aromatic nitrogens is 2. The summed E-state index contributed by atoms with van der Waals surface area (Å²) < 4.78 is 2.04. The molecule has 0 spiro atoms. The fraction of sp³-hybridized carbons (Fsp3) is 0.471. The lowest BCUT2D eigenvalue weighted by Crippen LogP contribution is -2.34. The van der Waals surface area contributed by atoms with E-state index >= 15 is 0 Å². The van der Waals surface area contributed by atoms with Gasteiger partial charge in [-0.25, -0.2) is 0 Å². The minimum atomic E-state index is -0.255. The van der Waals surface area contributed by atoms with Crippen LogP contribution in [0, 0.1) is 13.8 Å². The summed E-state index contributed by atoms with van der Waals surface area (Å²) in [6, 6.07) is 10.6. The molecule has 0 unspecified atom stereocenters. The van der Waals surface area contributed by atoms with Crippen LogP contribution in [0.2, 0.25) is 0 Å². The molecule has 0 atom stereocenters. The Hall–Kier alpha value is -0.990. The zero-order valence-corrected chi connectivity index (χ0v) is 14.4. The molecule has 1 heterocycles. The third kappa shape index (κ3) is 3.44. The van der Waals surface area contributed by atoms with Crippen LogP contribution in [-0.2, 0) is 18.4 Å². The first-order valence-electron chi connectivity index (χ1n) is 7.27. The summed E-state index contributed by atoms with van der Waals surface area (Å²) in [5.41, 5.74) is 4.40. The zero-order valence-electron chi connectivity index (χ0n) is 12.9. The van der Waals surface area contributed by atoms with Crippen LogP contribution in [0.3, 0.4) is 0 Å². The average Bonchev–Trinajstić information content (AvgIpc) is 2.84. The van der Waals surface area contributed by atoms with Crippen LogP contribution in [0.4, 0.5) is 0 Å². The number of halogens is 2. The molecule has 4 heteroatoms. The Morgan fingerprint density at radius 2 is 1.86 bits per heavy atom. The van der Waals surface area contributed by atoms with Crippen LogP contribution in [0.25, 0.3) is 0 Å². The summed E-state index contributed by atoms with van der Waals surface area (Å²) in [6.07, 6.45) is 0.804. The first-order chi connectivity index (χ1) is 10.0. The Balaban J connectivity index is 2.42. The quantitative estimate of drug-likeness (QED) is 0.716. The summed E-state index contributed by atoms with van der Waals surface area (Å²) in [7, 11) is 0. The summed E-state index contributed by atoms with van der Waals surface area (Å²) >= 11 is 12.7. The number of hydrogen-bond donors (Lipinski definition) is 0. The molecule has 21 heavy (non-hydrogen) atoms. The summed E-state index contributed by atoms with van der Waals surface area (Å²) in [5, 5.41) is 4.52. The Morgan fingerprint density at radius 3 is 2.43 bits per heavy atom. The number of rotatable bonds is 6. The van der Waals surface area contributed by atoms with E-state index in [0.717, 1.165) is 18.7 Å². The van der Waals surface area contributed by atoms with Crippen molar-refractivity contribution in [1.29, 1.82) is 0 Å². The van der Waals surface area contributed by atoms with E-state index in [1.54, 1.807) is 0 Å². The van der Waals surface area contributed by atoms with Crippen molar-refractivity contribution in [2.45, 2.75) is 39.2 Å². The molecule has 0 radical (unpaired) electrons. The SMILES string of the molecule is CCn1nc(C)cc1CC(CCl)(CCl)c1cccc(C)c1. The maximum Gasteiger partial charge on any atom is 0.0596 e. The van der Waals surface area contributed by atoms with E-state index in [1.807, 2.05) is 11.6 Å². The van der Waals surface area contributed by atoms with Gasteiger partial charge in [-0.05, 0) is 32.4 Å². The molecule has 1 aromatic carbocycles. The van der Waals surface area contributed by atoms with Gasteiger partial charge in [0, 0.05) is 35.8 Å². The van der Waals surface area contributed by atoms with Gasteiger partial charge in [0.25, 0.3) is 0 Å². The maximum absolute atomic E-state index is 6.35. The largest absolute Gasteiger partial charge is 0.270 e. The number of benzene rings is 1. The molecule has 2 nitrogen and oxygen atoms in total. The van der Waals surface area contributed by atoms with Crippen LogP contribution in [0.15, 0.2) is 30.3 Å². The molecule has 0 N–H and O–H groups in total. The number of hydrogen-bond acceptors (Lipinski definition) is 1. The van der Waals surface area contributed by atoms with E-state index in [0.29, 0.717) is 11.8 Å². The molecule has 0 bridgehead atoms. The van der Waals surface area contributed by atoms with E-state index in [1.165, 1.54) is 16.8 Å². The molecule has 0 aliphatic carbocycles. The molecule has 2 rings (SSSR count). The van der Waals surface area contributed by atoms with Crippen molar-refractivity contribution in [3.8, 4) is 0 Å². The van der Waals surface area contributed by atoms with Gasteiger partial charge in [0.1, 0.15) is 0 Å². The van der Waals surface area contributed by atoms with E-state index in [4.69, 9.17) is 23.2 Å². The number of aryl methyl sites for hydroxylation is 3. The Morgan fingerprint density at radius 1 is 1.14 bits per heavy atom. The monoisotopic (exact) mass is 324 g/mol. The van der Waals surface area contributed by atoms with Crippen molar-refractivity contribution in [3.05, 3.63) is 52.8 Å². The van der Waals surface area contributed by atoms with Crippen LogP contribution < -0.4 is 0 Å². The molecular formula is C17H22Cl2N2. The van der Waals surface area contributed by atoms with Gasteiger partial charge >= 0.3 is 0 Å². The third-order valence-electron chi connectivity index (χ3n) is 3.95. The normalized spacial score (nSPS) is 11.9. The van der Waals surface area contributed by atoms with Gasteiger partial charge in [-0.2, -0.15) is 5.10 Å². The first kappa shape index (κ1) is 16.4. The van der Waals surface area contributed by atoms with Gasteiger partial charge < -0.3 is 0 Å². The lowest BCUT2D eigenvalue weighted by Gasteiger charge is -2.30. The van der Waals surface area contributed by atoms with E-state index < -0.39 is 0 Å². The minimum Gasteiger partial charge on any atom is -0.270 e. The van der Waals surface area contributed by atoms with Crippen molar-refractivity contribution in [3.63, 3.8) is 0 Å². The second kappa shape index (κ2) is 6.85. The van der Waals surface area contributed by atoms with E-state index in [2.05, 4.69) is 49.3 Å². The molecule has 0 aliphatic rings.